The molecule has 3 aromatic rings. The number of fused-ring (bicyclic) bond motifs is 2. The van der Waals surface area contributed by atoms with Crippen molar-refractivity contribution in [3.63, 3.8) is 0 Å². The first-order chi connectivity index (χ1) is 14.3. The van der Waals surface area contributed by atoms with E-state index in [2.05, 4.69) is 4.90 Å². The average molecular weight is 394 g/mol. The molecule has 0 spiro atoms. The molecule has 0 N–H and O–H groups in total. The van der Waals surface area contributed by atoms with Crippen LogP contribution in [0.15, 0.2) is 51.7 Å². The van der Waals surface area contributed by atoms with E-state index < -0.39 is 0 Å². The molecule has 0 unspecified atom stereocenters. The Hall–Kier alpha value is -2.33. The molecule has 1 aliphatic heterocycles. The molecule has 4 nitrogen and oxygen atoms in total. The van der Waals surface area contributed by atoms with Crippen LogP contribution in [0.5, 0.6) is 5.75 Å². The Morgan fingerprint density at radius 2 is 1.59 bits per heavy atom. The van der Waals surface area contributed by atoms with Crippen LogP contribution in [0.3, 0.4) is 0 Å². The molecule has 4 rings (SSSR count). The summed E-state index contributed by atoms with van der Waals surface area (Å²) in [6.07, 6.45) is 10.3. The Bertz CT molecular complexity index is 986. The first-order valence-electron chi connectivity index (χ1n) is 11.1. The fourth-order valence-electron chi connectivity index (χ4n) is 4.21. The Balaban J connectivity index is 1.24. The van der Waals surface area contributed by atoms with E-state index in [0.717, 1.165) is 12.2 Å². The molecule has 1 aromatic heterocycles. The van der Waals surface area contributed by atoms with E-state index in [-0.39, 0.29) is 5.43 Å². The SMILES string of the molecule is O=c1c2ccccc2oc2ccc(OCCCCCCN3CCCCCC3)cc12. The lowest BCUT2D eigenvalue weighted by Crippen LogP contribution is -2.25. The maximum absolute atomic E-state index is 12.7. The molecule has 1 fully saturated rings. The van der Waals surface area contributed by atoms with E-state index in [9.17, 15) is 4.79 Å². The van der Waals surface area contributed by atoms with Crippen LogP contribution in [0.4, 0.5) is 0 Å². The fourth-order valence-corrected chi connectivity index (χ4v) is 4.21. The monoisotopic (exact) mass is 393 g/mol. The number of benzene rings is 2. The molecule has 0 radical (unpaired) electrons. The second-order valence-electron chi connectivity index (χ2n) is 8.10. The third kappa shape index (κ3) is 5.18. The van der Waals surface area contributed by atoms with E-state index in [1.807, 2.05) is 36.4 Å². The first kappa shape index (κ1) is 20.0. The molecular formula is C25H31NO3. The van der Waals surface area contributed by atoms with E-state index in [0.29, 0.717) is 28.5 Å². The predicted octanol–water partition coefficient (Wildman–Crippen LogP) is 5.76. The highest BCUT2D eigenvalue weighted by Crippen LogP contribution is 2.23. The molecule has 0 amide bonds. The van der Waals surface area contributed by atoms with E-state index in [4.69, 9.17) is 9.15 Å². The maximum atomic E-state index is 12.7. The van der Waals surface area contributed by atoms with E-state index in [1.54, 1.807) is 6.07 Å². The van der Waals surface area contributed by atoms with E-state index >= 15 is 0 Å². The number of ether oxygens (including phenoxy) is 1. The molecule has 2 heterocycles. The standard InChI is InChI=1S/C25H31NO3/c27-25-21-11-5-6-12-23(21)29-24-14-13-20(19-22(24)25)28-18-10-4-3-9-17-26-15-7-1-2-8-16-26/h5-6,11-14,19H,1-4,7-10,15-18H2. The predicted molar refractivity (Wildman–Crippen MR) is 119 cm³/mol. The van der Waals surface area contributed by atoms with E-state index in [1.165, 1.54) is 64.6 Å². The summed E-state index contributed by atoms with van der Waals surface area (Å²) in [6, 6.07) is 12.9. The highest BCUT2D eigenvalue weighted by molar-refractivity contribution is 5.90. The molecule has 4 heteroatoms. The largest absolute Gasteiger partial charge is 0.494 e. The molecular weight excluding hydrogens is 362 g/mol. The zero-order valence-electron chi connectivity index (χ0n) is 17.2. The van der Waals surface area contributed by atoms with Gasteiger partial charge in [-0.05, 0) is 75.6 Å². The summed E-state index contributed by atoms with van der Waals surface area (Å²) in [6.45, 7) is 4.51. The first-order valence-corrected chi connectivity index (χ1v) is 11.1. The number of unbranched alkanes of at least 4 members (excludes halogenated alkanes) is 3. The van der Waals surface area contributed by atoms with Crippen molar-refractivity contribution in [2.24, 2.45) is 0 Å². The van der Waals surface area contributed by atoms with Gasteiger partial charge in [-0.15, -0.1) is 0 Å². The zero-order chi connectivity index (χ0) is 19.9. The van der Waals surface area contributed by atoms with Crippen LogP contribution in [0, 0.1) is 0 Å². The van der Waals surface area contributed by atoms with Gasteiger partial charge in [-0.3, -0.25) is 4.79 Å². The van der Waals surface area contributed by atoms with Gasteiger partial charge in [-0.2, -0.15) is 0 Å². The molecule has 0 atom stereocenters. The van der Waals surface area contributed by atoms with Gasteiger partial charge in [0.05, 0.1) is 17.4 Å². The van der Waals surface area contributed by atoms with Gasteiger partial charge in [0.2, 0.25) is 5.43 Å². The van der Waals surface area contributed by atoms with Crippen LogP contribution in [-0.4, -0.2) is 31.1 Å². The van der Waals surface area contributed by atoms with Gasteiger partial charge in [0, 0.05) is 0 Å². The Morgan fingerprint density at radius 1 is 0.828 bits per heavy atom. The lowest BCUT2D eigenvalue weighted by atomic mass is 10.1. The number of hydrogen-bond acceptors (Lipinski definition) is 4. The van der Waals surface area contributed by atoms with Crippen molar-refractivity contribution in [2.45, 2.75) is 51.4 Å². The molecule has 0 bridgehead atoms. The molecule has 2 aromatic carbocycles. The summed E-state index contributed by atoms with van der Waals surface area (Å²) in [5.74, 6) is 0.740. The zero-order valence-corrected chi connectivity index (χ0v) is 17.2. The van der Waals surface area contributed by atoms with Gasteiger partial charge < -0.3 is 14.1 Å². The van der Waals surface area contributed by atoms with Gasteiger partial charge in [0.15, 0.2) is 0 Å². The molecule has 0 aliphatic carbocycles. The maximum Gasteiger partial charge on any atom is 0.200 e. The summed E-state index contributed by atoms with van der Waals surface area (Å²) in [7, 11) is 0. The number of nitrogens with zero attached hydrogens (tertiary/aromatic N) is 1. The smallest absolute Gasteiger partial charge is 0.200 e. The van der Waals surface area contributed by atoms with Crippen LogP contribution in [0.1, 0.15) is 51.4 Å². The third-order valence-electron chi connectivity index (χ3n) is 5.88. The van der Waals surface area contributed by atoms with Crippen LogP contribution in [0.25, 0.3) is 21.9 Å². The third-order valence-corrected chi connectivity index (χ3v) is 5.88. The van der Waals surface area contributed by atoms with Crippen molar-refractivity contribution >= 4 is 21.9 Å². The number of likely N-dealkylation sites (tertiary alicyclic amines) is 1. The second-order valence-corrected chi connectivity index (χ2v) is 8.10. The Labute approximate surface area is 172 Å². The number of hydrogen-bond donors (Lipinski definition) is 0. The van der Waals surface area contributed by atoms with Crippen LogP contribution in [-0.2, 0) is 0 Å². The summed E-state index contributed by atoms with van der Waals surface area (Å²) in [4.78, 5) is 15.4. The average Bonchev–Trinajstić information content (AvgIpc) is 3.02. The minimum absolute atomic E-state index is 0.000753. The van der Waals surface area contributed by atoms with Crippen LogP contribution >= 0.6 is 0 Å². The quantitative estimate of drug-likeness (QED) is 0.360. The van der Waals surface area contributed by atoms with Crippen molar-refractivity contribution in [2.75, 3.05) is 26.2 Å². The van der Waals surface area contributed by atoms with Crippen molar-refractivity contribution in [3.8, 4) is 5.75 Å². The van der Waals surface area contributed by atoms with Crippen molar-refractivity contribution in [1.29, 1.82) is 0 Å². The molecule has 0 saturated carbocycles. The topological polar surface area (TPSA) is 42.7 Å². The number of rotatable bonds is 8. The number of para-hydroxylation sites is 1. The van der Waals surface area contributed by atoms with Gasteiger partial charge in [0.25, 0.3) is 0 Å². The highest BCUT2D eigenvalue weighted by atomic mass is 16.5. The van der Waals surface area contributed by atoms with Gasteiger partial charge in [-0.25, -0.2) is 0 Å². The molecule has 29 heavy (non-hydrogen) atoms. The van der Waals surface area contributed by atoms with Gasteiger partial charge in [-0.1, -0.05) is 37.8 Å². The van der Waals surface area contributed by atoms with Crippen molar-refractivity contribution < 1.29 is 9.15 Å². The summed E-state index contributed by atoms with van der Waals surface area (Å²) in [5, 5.41) is 1.19. The second kappa shape index (κ2) is 9.93. The van der Waals surface area contributed by atoms with Gasteiger partial charge >= 0.3 is 0 Å². The lowest BCUT2D eigenvalue weighted by Gasteiger charge is -2.19. The minimum atomic E-state index is 0.000753. The Kier molecular flexibility index (Phi) is 6.83. The van der Waals surface area contributed by atoms with Crippen LogP contribution < -0.4 is 10.2 Å². The summed E-state index contributed by atoms with van der Waals surface area (Å²) in [5.41, 5.74) is 1.23. The molecule has 154 valence electrons. The molecule has 1 saturated heterocycles. The highest BCUT2D eigenvalue weighted by Gasteiger charge is 2.09. The summed E-state index contributed by atoms with van der Waals surface area (Å²) < 4.78 is 11.8. The minimum Gasteiger partial charge on any atom is -0.494 e. The lowest BCUT2D eigenvalue weighted by molar-refractivity contribution is 0.272. The molecule has 1 aliphatic rings. The van der Waals surface area contributed by atoms with Crippen molar-refractivity contribution in [1.82, 2.24) is 4.90 Å². The van der Waals surface area contributed by atoms with Crippen LogP contribution in [0.2, 0.25) is 0 Å². The normalized spacial score (nSPS) is 15.6. The Morgan fingerprint density at radius 3 is 2.45 bits per heavy atom. The van der Waals surface area contributed by atoms with Gasteiger partial charge in [0.1, 0.15) is 16.9 Å². The van der Waals surface area contributed by atoms with Crippen molar-refractivity contribution in [3.05, 3.63) is 52.7 Å². The fraction of sp³-hybridized carbons (Fsp3) is 0.480. The summed E-state index contributed by atoms with van der Waals surface area (Å²) >= 11 is 0.